The standard InChI is InChI=1S/C27H34N2O6/c1-4-14-28(18-19-10-8-7-9-11-19)24(32)22-27-13-12-26(6-3,35-27)21(25(33)34-17-5-2)20(27)23(31)29(22)15-16-30/h4-5,7-11,20-22,30H,1-2,6,12-18H2,3H3/t20-,21+,22?,26-,27?/m0/s1. The number of hydrogen-bond donors (Lipinski definition) is 1. The van der Waals surface area contributed by atoms with Crippen LogP contribution in [0.2, 0.25) is 0 Å². The van der Waals surface area contributed by atoms with E-state index in [0.29, 0.717) is 25.8 Å². The molecule has 0 aliphatic carbocycles. The summed E-state index contributed by atoms with van der Waals surface area (Å²) in [5.74, 6) is -2.77. The molecule has 4 rings (SSSR count). The van der Waals surface area contributed by atoms with Crippen molar-refractivity contribution in [2.75, 3.05) is 26.3 Å². The van der Waals surface area contributed by atoms with Gasteiger partial charge < -0.3 is 24.4 Å². The predicted octanol–water partition coefficient (Wildman–Crippen LogP) is 2.08. The molecule has 3 saturated heterocycles. The molecule has 1 aromatic carbocycles. The average molecular weight is 483 g/mol. The highest BCUT2D eigenvalue weighted by molar-refractivity contribution is 5.98. The molecular weight excluding hydrogens is 448 g/mol. The largest absolute Gasteiger partial charge is 0.461 e. The van der Waals surface area contributed by atoms with E-state index < -0.39 is 35.0 Å². The number of aliphatic hydroxyl groups excluding tert-OH is 1. The van der Waals surface area contributed by atoms with Gasteiger partial charge in [0.15, 0.2) is 0 Å². The number of esters is 1. The van der Waals surface area contributed by atoms with Crippen LogP contribution in [0.25, 0.3) is 0 Å². The van der Waals surface area contributed by atoms with Gasteiger partial charge in [-0.25, -0.2) is 0 Å². The Hall–Kier alpha value is -2.97. The third-order valence-corrected chi connectivity index (χ3v) is 7.73. The SMILES string of the molecule is C=CCOC(=O)[C@H]1[C@H]2C(=O)N(CCO)C(C(=O)N(CC=C)Cc3ccccc3)C23CC[C@]1(CC)O3. The fourth-order valence-corrected chi connectivity index (χ4v) is 6.30. The molecule has 1 aromatic rings. The van der Waals surface area contributed by atoms with Crippen LogP contribution in [0, 0.1) is 11.8 Å². The van der Waals surface area contributed by atoms with Crippen molar-refractivity contribution in [2.45, 2.75) is 50.0 Å². The molecule has 8 nitrogen and oxygen atoms in total. The highest BCUT2D eigenvalue weighted by Gasteiger charge is 2.79. The zero-order valence-corrected chi connectivity index (χ0v) is 20.2. The predicted molar refractivity (Wildman–Crippen MR) is 129 cm³/mol. The molecule has 188 valence electrons. The van der Waals surface area contributed by atoms with Gasteiger partial charge in [-0.2, -0.15) is 0 Å². The van der Waals surface area contributed by atoms with Gasteiger partial charge in [-0.1, -0.05) is 56.0 Å². The average Bonchev–Trinajstić information content (AvgIpc) is 3.47. The zero-order valence-electron chi connectivity index (χ0n) is 20.2. The Bertz CT molecular complexity index is 997. The summed E-state index contributed by atoms with van der Waals surface area (Å²) in [7, 11) is 0. The topological polar surface area (TPSA) is 96.4 Å². The molecule has 1 N–H and O–H groups in total. The first-order valence-corrected chi connectivity index (χ1v) is 12.2. The minimum absolute atomic E-state index is 0.0162. The lowest BCUT2D eigenvalue weighted by atomic mass is 9.65. The minimum atomic E-state index is -1.15. The van der Waals surface area contributed by atoms with Crippen LogP contribution < -0.4 is 0 Å². The Morgan fingerprint density at radius 1 is 1.26 bits per heavy atom. The summed E-state index contributed by atoms with van der Waals surface area (Å²) in [6.45, 7) is 9.68. The third-order valence-electron chi connectivity index (χ3n) is 7.73. The molecule has 2 unspecified atom stereocenters. The number of hydrogen-bond acceptors (Lipinski definition) is 6. The van der Waals surface area contributed by atoms with E-state index in [1.54, 1.807) is 11.0 Å². The van der Waals surface area contributed by atoms with E-state index in [0.717, 1.165) is 5.56 Å². The molecular formula is C27H34N2O6. The van der Waals surface area contributed by atoms with Crippen LogP contribution in [0.3, 0.4) is 0 Å². The van der Waals surface area contributed by atoms with Gasteiger partial charge in [0.05, 0.1) is 18.1 Å². The van der Waals surface area contributed by atoms with Gasteiger partial charge in [-0.15, -0.1) is 6.58 Å². The molecule has 8 heteroatoms. The van der Waals surface area contributed by atoms with Crippen molar-refractivity contribution < 1.29 is 29.0 Å². The van der Waals surface area contributed by atoms with Gasteiger partial charge in [-0.3, -0.25) is 14.4 Å². The summed E-state index contributed by atoms with van der Waals surface area (Å²) < 4.78 is 12.0. The third kappa shape index (κ3) is 3.98. The quantitative estimate of drug-likeness (QED) is 0.383. The van der Waals surface area contributed by atoms with Crippen LogP contribution in [0.4, 0.5) is 0 Å². The number of ether oxygens (including phenoxy) is 2. The molecule has 2 bridgehead atoms. The van der Waals surface area contributed by atoms with E-state index in [4.69, 9.17) is 9.47 Å². The molecule has 3 fully saturated rings. The molecule has 0 aromatic heterocycles. The van der Waals surface area contributed by atoms with E-state index in [1.807, 2.05) is 37.3 Å². The van der Waals surface area contributed by atoms with E-state index in [1.165, 1.54) is 11.0 Å². The monoisotopic (exact) mass is 482 g/mol. The van der Waals surface area contributed by atoms with Crippen molar-refractivity contribution in [2.24, 2.45) is 11.8 Å². The molecule has 35 heavy (non-hydrogen) atoms. The Morgan fingerprint density at radius 3 is 2.63 bits per heavy atom. The van der Waals surface area contributed by atoms with Crippen LogP contribution in [-0.2, 0) is 30.4 Å². The van der Waals surface area contributed by atoms with Crippen molar-refractivity contribution in [1.82, 2.24) is 9.80 Å². The highest BCUT2D eigenvalue weighted by Crippen LogP contribution is 2.64. The van der Waals surface area contributed by atoms with Crippen molar-refractivity contribution >= 4 is 17.8 Å². The Morgan fingerprint density at radius 2 is 2.00 bits per heavy atom. The molecule has 2 amide bonds. The van der Waals surface area contributed by atoms with Gasteiger partial charge in [0.25, 0.3) is 0 Å². The van der Waals surface area contributed by atoms with Gasteiger partial charge in [-0.05, 0) is 24.8 Å². The fourth-order valence-electron chi connectivity index (χ4n) is 6.30. The van der Waals surface area contributed by atoms with Crippen molar-refractivity contribution in [3.05, 3.63) is 61.2 Å². The second-order valence-corrected chi connectivity index (χ2v) is 9.50. The number of amides is 2. The number of aliphatic hydroxyl groups is 1. The number of likely N-dealkylation sites (tertiary alicyclic amines) is 1. The Labute approximate surface area is 206 Å². The number of carbonyl (C=O) groups is 3. The number of rotatable bonds is 11. The summed E-state index contributed by atoms with van der Waals surface area (Å²) >= 11 is 0. The normalized spacial score (nSPS) is 30.7. The number of carbonyl (C=O) groups excluding carboxylic acids is 3. The molecule has 3 aliphatic heterocycles. The second-order valence-electron chi connectivity index (χ2n) is 9.50. The van der Waals surface area contributed by atoms with Crippen LogP contribution in [0.15, 0.2) is 55.6 Å². The lowest BCUT2D eigenvalue weighted by Crippen LogP contribution is -2.56. The Balaban J connectivity index is 1.74. The Kier molecular flexibility index (Phi) is 7.15. The minimum Gasteiger partial charge on any atom is -0.461 e. The number of fused-ring (bicyclic) bond motifs is 1. The van der Waals surface area contributed by atoms with E-state index >= 15 is 0 Å². The van der Waals surface area contributed by atoms with E-state index in [9.17, 15) is 19.5 Å². The molecule has 0 radical (unpaired) electrons. The van der Waals surface area contributed by atoms with Gasteiger partial charge >= 0.3 is 5.97 Å². The first kappa shape index (κ1) is 25.1. The van der Waals surface area contributed by atoms with Crippen molar-refractivity contribution in [1.29, 1.82) is 0 Å². The molecule has 1 spiro atoms. The summed E-state index contributed by atoms with van der Waals surface area (Å²) in [6, 6.07) is 8.65. The highest BCUT2D eigenvalue weighted by atomic mass is 16.6. The maximum absolute atomic E-state index is 14.1. The van der Waals surface area contributed by atoms with Crippen LogP contribution in [0.5, 0.6) is 0 Å². The van der Waals surface area contributed by atoms with Crippen LogP contribution in [-0.4, -0.2) is 76.2 Å². The molecule has 5 atom stereocenters. The smallest absolute Gasteiger partial charge is 0.313 e. The van der Waals surface area contributed by atoms with E-state index in [2.05, 4.69) is 13.2 Å². The molecule has 0 saturated carbocycles. The summed E-state index contributed by atoms with van der Waals surface area (Å²) in [5.41, 5.74) is -1.05. The fraction of sp³-hybridized carbons (Fsp3) is 0.519. The number of nitrogens with zero attached hydrogens (tertiary/aromatic N) is 2. The number of benzene rings is 1. The summed E-state index contributed by atoms with van der Waals surface area (Å²) in [5, 5.41) is 9.76. The van der Waals surface area contributed by atoms with E-state index in [-0.39, 0.29) is 38.1 Å². The molecule has 3 aliphatic rings. The lowest BCUT2D eigenvalue weighted by Gasteiger charge is -2.36. The van der Waals surface area contributed by atoms with Crippen molar-refractivity contribution in [3.8, 4) is 0 Å². The molecule has 3 heterocycles. The van der Waals surface area contributed by atoms with Crippen LogP contribution >= 0.6 is 0 Å². The second kappa shape index (κ2) is 9.95. The summed E-state index contributed by atoms with van der Waals surface area (Å²) in [4.78, 5) is 44.2. The maximum atomic E-state index is 14.1. The zero-order chi connectivity index (χ0) is 25.2. The van der Waals surface area contributed by atoms with Crippen LogP contribution in [0.1, 0.15) is 31.7 Å². The van der Waals surface area contributed by atoms with Crippen molar-refractivity contribution in [3.63, 3.8) is 0 Å². The number of β-amino-alcohol motifs (C(OH)–C–C–N with tert-alkyl or cyclic N) is 1. The van der Waals surface area contributed by atoms with Gasteiger partial charge in [0.2, 0.25) is 11.8 Å². The first-order valence-electron chi connectivity index (χ1n) is 12.2. The van der Waals surface area contributed by atoms with Gasteiger partial charge in [0.1, 0.15) is 24.2 Å². The first-order chi connectivity index (χ1) is 16.9. The summed E-state index contributed by atoms with van der Waals surface area (Å²) in [6.07, 6.45) is 4.69. The lowest BCUT2D eigenvalue weighted by molar-refractivity contribution is -0.161. The maximum Gasteiger partial charge on any atom is 0.313 e. The van der Waals surface area contributed by atoms with Gasteiger partial charge in [0, 0.05) is 19.6 Å².